The van der Waals surface area contributed by atoms with Crippen LogP contribution in [0.5, 0.6) is 5.75 Å². The Labute approximate surface area is 207 Å². The summed E-state index contributed by atoms with van der Waals surface area (Å²) in [6.45, 7) is 4.26. The summed E-state index contributed by atoms with van der Waals surface area (Å²) in [5.41, 5.74) is 4.52. The number of rotatable bonds is 8. The van der Waals surface area contributed by atoms with Gasteiger partial charge in [-0.1, -0.05) is 90.7 Å². The zero-order chi connectivity index (χ0) is 24.2. The van der Waals surface area contributed by atoms with Crippen LogP contribution in [-0.4, -0.2) is 16.2 Å². The Morgan fingerprint density at radius 1 is 1.00 bits per heavy atom. The smallest absolute Gasteiger partial charge is 0.307 e. The Hall–Kier alpha value is -3.28. The summed E-state index contributed by atoms with van der Waals surface area (Å²) in [6, 6.07) is 20.4. The molecule has 3 aromatic carbocycles. The predicted octanol–water partition coefficient (Wildman–Crippen LogP) is 7.64. The number of halogens is 2. The monoisotopic (exact) mass is 495 g/mol. The number of hydrogen-bond donors (Lipinski definition) is 1. The molecule has 7 heteroatoms. The van der Waals surface area contributed by atoms with Gasteiger partial charge in [-0.25, -0.2) is 0 Å². The van der Waals surface area contributed by atoms with Crippen molar-refractivity contribution in [3.05, 3.63) is 93.7 Å². The zero-order valence-electron chi connectivity index (χ0n) is 18.7. The van der Waals surface area contributed by atoms with Crippen molar-refractivity contribution in [3.8, 4) is 28.1 Å². The van der Waals surface area contributed by atoms with Crippen LogP contribution in [0, 0.1) is 0 Å². The van der Waals surface area contributed by atoms with E-state index < -0.39 is 5.97 Å². The SMILES string of the molecule is CC(C)c1onc(-c2c(Cl)cccc2Cl)c1COc1ccccc1-c1ccc(CC(=O)O)cc1. The maximum atomic E-state index is 11.0. The van der Waals surface area contributed by atoms with Crippen LogP contribution >= 0.6 is 23.2 Å². The Kier molecular flexibility index (Phi) is 7.25. The molecule has 34 heavy (non-hydrogen) atoms. The molecule has 174 valence electrons. The summed E-state index contributed by atoms with van der Waals surface area (Å²) < 4.78 is 12.0. The lowest BCUT2D eigenvalue weighted by Crippen LogP contribution is -2.02. The Bertz CT molecular complexity index is 1290. The lowest BCUT2D eigenvalue weighted by Gasteiger charge is -2.14. The fourth-order valence-electron chi connectivity index (χ4n) is 3.79. The molecule has 4 rings (SSSR count). The van der Waals surface area contributed by atoms with E-state index in [0.29, 0.717) is 32.8 Å². The highest BCUT2D eigenvalue weighted by Crippen LogP contribution is 2.39. The molecule has 0 fully saturated rings. The number of hydrogen-bond acceptors (Lipinski definition) is 4. The van der Waals surface area contributed by atoms with Crippen molar-refractivity contribution in [3.63, 3.8) is 0 Å². The van der Waals surface area contributed by atoms with E-state index in [1.165, 1.54) is 0 Å². The van der Waals surface area contributed by atoms with Crippen molar-refractivity contribution in [2.75, 3.05) is 0 Å². The Balaban J connectivity index is 1.67. The van der Waals surface area contributed by atoms with Gasteiger partial charge in [-0.05, 0) is 29.3 Å². The van der Waals surface area contributed by atoms with Crippen molar-refractivity contribution in [2.45, 2.75) is 32.8 Å². The van der Waals surface area contributed by atoms with Crippen LogP contribution in [0.1, 0.15) is 36.7 Å². The van der Waals surface area contributed by atoms with Gasteiger partial charge in [-0.15, -0.1) is 0 Å². The molecule has 0 spiro atoms. The van der Waals surface area contributed by atoms with Gasteiger partial charge in [-0.2, -0.15) is 0 Å². The normalized spacial score (nSPS) is 11.1. The third kappa shape index (κ3) is 5.11. The second kappa shape index (κ2) is 10.3. The first-order valence-corrected chi connectivity index (χ1v) is 11.6. The van der Waals surface area contributed by atoms with Gasteiger partial charge < -0.3 is 14.4 Å². The van der Waals surface area contributed by atoms with E-state index in [1.54, 1.807) is 18.2 Å². The number of aliphatic carboxylic acids is 1. The number of carbonyl (C=O) groups is 1. The number of carboxylic acid groups (broad SMARTS) is 1. The lowest BCUT2D eigenvalue weighted by molar-refractivity contribution is -0.136. The molecule has 0 aliphatic rings. The van der Waals surface area contributed by atoms with Crippen LogP contribution in [0.3, 0.4) is 0 Å². The van der Waals surface area contributed by atoms with Gasteiger partial charge in [-0.3, -0.25) is 4.79 Å². The largest absolute Gasteiger partial charge is 0.488 e. The summed E-state index contributed by atoms with van der Waals surface area (Å²) >= 11 is 12.9. The molecular weight excluding hydrogens is 473 g/mol. The standard InChI is InChI=1S/C27H23Cl2NO4/c1-16(2)27-20(26(30-34-27)25-21(28)7-5-8-22(25)29)15-33-23-9-4-3-6-19(23)18-12-10-17(11-13-18)14-24(31)32/h3-13,16H,14-15H2,1-2H3,(H,31,32). The first kappa shape index (κ1) is 23.9. The highest BCUT2D eigenvalue weighted by atomic mass is 35.5. The lowest BCUT2D eigenvalue weighted by atomic mass is 10.0. The predicted molar refractivity (Wildman–Crippen MR) is 134 cm³/mol. The minimum absolute atomic E-state index is 0.0166. The first-order chi connectivity index (χ1) is 16.3. The summed E-state index contributed by atoms with van der Waals surface area (Å²) in [5, 5.41) is 14.3. The summed E-state index contributed by atoms with van der Waals surface area (Å²) in [5.74, 6) is 0.612. The minimum Gasteiger partial charge on any atom is -0.488 e. The van der Waals surface area contributed by atoms with Crippen LogP contribution in [0.25, 0.3) is 22.4 Å². The summed E-state index contributed by atoms with van der Waals surface area (Å²) in [6.07, 6.45) is -0.0166. The molecule has 0 atom stereocenters. The van der Waals surface area contributed by atoms with E-state index in [4.69, 9.17) is 37.6 Å². The molecule has 4 aromatic rings. The molecule has 0 bridgehead atoms. The second-order valence-corrected chi connectivity index (χ2v) is 8.99. The molecule has 0 radical (unpaired) electrons. The molecule has 5 nitrogen and oxygen atoms in total. The average molecular weight is 496 g/mol. The van der Waals surface area contributed by atoms with Crippen LogP contribution in [0.2, 0.25) is 10.0 Å². The fourth-order valence-corrected chi connectivity index (χ4v) is 4.37. The number of benzene rings is 3. The van der Waals surface area contributed by atoms with E-state index in [1.807, 2.05) is 62.4 Å². The van der Waals surface area contributed by atoms with Gasteiger partial charge in [0.2, 0.25) is 0 Å². The molecular formula is C27H23Cl2NO4. The van der Waals surface area contributed by atoms with E-state index in [2.05, 4.69) is 5.16 Å². The van der Waals surface area contributed by atoms with Crippen molar-refractivity contribution in [1.82, 2.24) is 5.16 Å². The van der Waals surface area contributed by atoms with E-state index >= 15 is 0 Å². The average Bonchev–Trinajstić information content (AvgIpc) is 3.22. The molecule has 1 N–H and O–H groups in total. The van der Waals surface area contributed by atoms with Crippen LogP contribution in [-0.2, 0) is 17.8 Å². The van der Waals surface area contributed by atoms with Crippen LogP contribution in [0.15, 0.2) is 71.3 Å². The maximum absolute atomic E-state index is 11.0. The van der Waals surface area contributed by atoms with Gasteiger partial charge >= 0.3 is 5.97 Å². The first-order valence-electron chi connectivity index (χ1n) is 10.8. The topological polar surface area (TPSA) is 72.6 Å². The molecule has 0 amide bonds. The van der Waals surface area contributed by atoms with Gasteiger partial charge in [0.15, 0.2) is 0 Å². The number of carboxylic acids is 1. The molecule has 0 saturated heterocycles. The Morgan fingerprint density at radius 3 is 2.32 bits per heavy atom. The maximum Gasteiger partial charge on any atom is 0.307 e. The third-order valence-electron chi connectivity index (χ3n) is 5.42. The third-order valence-corrected chi connectivity index (χ3v) is 6.05. The van der Waals surface area contributed by atoms with Crippen molar-refractivity contribution in [2.24, 2.45) is 0 Å². The second-order valence-electron chi connectivity index (χ2n) is 8.18. The summed E-state index contributed by atoms with van der Waals surface area (Å²) in [7, 11) is 0. The van der Waals surface area contributed by atoms with Crippen molar-refractivity contribution < 1.29 is 19.2 Å². The van der Waals surface area contributed by atoms with E-state index in [9.17, 15) is 4.79 Å². The van der Waals surface area contributed by atoms with Gasteiger partial charge in [0.05, 0.1) is 22.0 Å². The number of nitrogens with zero attached hydrogens (tertiary/aromatic N) is 1. The molecule has 0 unspecified atom stereocenters. The van der Waals surface area contributed by atoms with Crippen molar-refractivity contribution in [1.29, 1.82) is 0 Å². The molecule has 0 aliphatic carbocycles. The molecule has 0 saturated carbocycles. The van der Waals surface area contributed by atoms with Gasteiger partial charge in [0, 0.05) is 17.0 Å². The van der Waals surface area contributed by atoms with Gasteiger partial charge in [0.25, 0.3) is 0 Å². The van der Waals surface area contributed by atoms with E-state index in [-0.39, 0.29) is 18.9 Å². The van der Waals surface area contributed by atoms with E-state index in [0.717, 1.165) is 22.3 Å². The zero-order valence-corrected chi connectivity index (χ0v) is 20.2. The summed E-state index contributed by atoms with van der Waals surface area (Å²) in [4.78, 5) is 11.0. The van der Waals surface area contributed by atoms with Crippen molar-refractivity contribution >= 4 is 29.2 Å². The van der Waals surface area contributed by atoms with Gasteiger partial charge in [0.1, 0.15) is 23.8 Å². The number of ether oxygens (including phenoxy) is 1. The van der Waals surface area contributed by atoms with Crippen LogP contribution in [0.4, 0.5) is 0 Å². The molecule has 0 aliphatic heterocycles. The Morgan fingerprint density at radius 2 is 1.68 bits per heavy atom. The quantitative estimate of drug-likeness (QED) is 0.271. The molecule has 1 heterocycles. The minimum atomic E-state index is -0.861. The van der Waals surface area contributed by atoms with Crippen LogP contribution < -0.4 is 4.74 Å². The molecule has 1 aromatic heterocycles. The number of aromatic nitrogens is 1. The highest BCUT2D eigenvalue weighted by molar-refractivity contribution is 6.39. The number of para-hydroxylation sites is 1. The fraction of sp³-hybridized carbons (Fsp3) is 0.185. The highest BCUT2D eigenvalue weighted by Gasteiger charge is 2.24.